The van der Waals surface area contributed by atoms with Gasteiger partial charge in [-0.05, 0) is 120 Å². The zero-order valence-corrected chi connectivity index (χ0v) is 23.9. The van der Waals surface area contributed by atoms with Crippen LogP contribution in [0.3, 0.4) is 0 Å². The van der Waals surface area contributed by atoms with Gasteiger partial charge >= 0.3 is 5.97 Å². The predicted molar refractivity (Wildman–Crippen MR) is 145 cm³/mol. The fourth-order valence-corrected chi connectivity index (χ4v) is 5.08. The SMILES string of the molecule is Cc1cc(C2(c3ccc(OC(C)(C)C)c(C)c3)CCC(C)(C)C(C)C2)ccc1OC(=O)C(C)(C)C. The zero-order valence-electron chi connectivity index (χ0n) is 23.9. The standard InChI is InChI=1S/C32H46O3/c1-21-18-24(12-14-26(21)34-28(33)29(4,5)6)32(17-16-31(10,11)23(3)20-32)25-13-15-27(22(2)19-25)35-30(7,8)9/h12-15,18-19,23H,16-17,20H2,1-11H3. The summed E-state index contributed by atoms with van der Waals surface area (Å²) in [5.41, 5.74) is 4.27. The number of carbonyl (C=O) groups is 1. The molecule has 3 rings (SSSR count). The van der Waals surface area contributed by atoms with Crippen molar-refractivity contribution in [1.82, 2.24) is 0 Å². The van der Waals surface area contributed by atoms with Crippen molar-refractivity contribution in [3.05, 3.63) is 58.7 Å². The van der Waals surface area contributed by atoms with Crippen molar-refractivity contribution >= 4 is 5.97 Å². The lowest BCUT2D eigenvalue weighted by atomic mass is 9.55. The Morgan fingerprint density at radius 2 is 1.37 bits per heavy atom. The lowest BCUT2D eigenvalue weighted by Gasteiger charge is -2.49. The quantitative estimate of drug-likeness (QED) is 0.326. The maximum absolute atomic E-state index is 12.5. The number of esters is 1. The third kappa shape index (κ3) is 5.93. The fraction of sp³-hybridized carbons (Fsp3) is 0.594. The van der Waals surface area contributed by atoms with Crippen LogP contribution in [0.5, 0.6) is 11.5 Å². The average Bonchev–Trinajstić information content (AvgIpc) is 2.71. The van der Waals surface area contributed by atoms with Crippen LogP contribution in [-0.2, 0) is 10.2 Å². The Hall–Kier alpha value is -2.29. The summed E-state index contributed by atoms with van der Waals surface area (Å²) in [6, 6.07) is 13.2. The molecule has 0 saturated heterocycles. The van der Waals surface area contributed by atoms with E-state index >= 15 is 0 Å². The zero-order chi connectivity index (χ0) is 26.4. The Morgan fingerprint density at radius 1 is 0.857 bits per heavy atom. The van der Waals surface area contributed by atoms with Crippen molar-refractivity contribution in [2.45, 2.75) is 106 Å². The van der Waals surface area contributed by atoms with Crippen LogP contribution in [0.4, 0.5) is 0 Å². The molecule has 1 fully saturated rings. The molecule has 3 heteroatoms. The first-order chi connectivity index (χ1) is 15.9. The van der Waals surface area contributed by atoms with Crippen LogP contribution in [0.2, 0.25) is 0 Å². The predicted octanol–water partition coefficient (Wildman–Crippen LogP) is 8.56. The van der Waals surface area contributed by atoms with Crippen LogP contribution in [0.15, 0.2) is 36.4 Å². The highest BCUT2D eigenvalue weighted by Crippen LogP contribution is 2.54. The van der Waals surface area contributed by atoms with Gasteiger partial charge in [0.05, 0.1) is 5.41 Å². The van der Waals surface area contributed by atoms with Gasteiger partial charge < -0.3 is 9.47 Å². The number of rotatable bonds is 4. The van der Waals surface area contributed by atoms with Crippen molar-refractivity contribution in [2.75, 3.05) is 0 Å². The molecule has 2 atom stereocenters. The van der Waals surface area contributed by atoms with Gasteiger partial charge in [-0.1, -0.05) is 45.0 Å². The molecule has 0 aliphatic heterocycles. The first kappa shape index (κ1) is 27.3. The van der Waals surface area contributed by atoms with Crippen LogP contribution >= 0.6 is 0 Å². The van der Waals surface area contributed by atoms with Crippen LogP contribution in [0.1, 0.15) is 104 Å². The van der Waals surface area contributed by atoms with E-state index in [1.165, 1.54) is 16.7 Å². The van der Waals surface area contributed by atoms with Gasteiger partial charge in [0.15, 0.2) is 0 Å². The fourth-order valence-electron chi connectivity index (χ4n) is 5.08. The third-order valence-electron chi connectivity index (χ3n) is 7.87. The molecule has 2 aromatic carbocycles. The van der Waals surface area contributed by atoms with Crippen molar-refractivity contribution < 1.29 is 14.3 Å². The molecule has 1 saturated carbocycles. The molecule has 0 aromatic heterocycles. The topological polar surface area (TPSA) is 35.5 Å². The molecule has 192 valence electrons. The number of hydrogen-bond donors (Lipinski definition) is 0. The molecule has 0 heterocycles. The van der Waals surface area contributed by atoms with Crippen LogP contribution in [0.25, 0.3) is 0 Å². The van der Waals surface area contributed by atoms with E-state index in [0.717, 1.165) is 30.6 Å². The summed E-state index contributed by atoms with van der Waals surface area (Å²) >= 11 is 0. The van der Waals surface area contributed by atoms with Crippen LogP contribution in [-0.4, -0.2) is 11.6 Å². The Balaban J connectivity index is 2.07. The molecular weight excluding hydrogens is 432 g/mol. The van der Waals surface area contributed by atoms with E-state index in [2.05, 4.69) is 78.8 Å². The van der Waals surface area contributed by atoms with E-state index in [1.54, 1.807) is 0 Å². The van der Waals surface area contributed by atoms with Gasteiger partial charge in [0.1, 0.15) is 17.1 Å². The lowest BCUT2D eigenvalue weighted by molar-refractivity contribution is -0.143. The summed E-state index contributed by atoms with van der Waals surface area (Å²) in [4.78, 5) is 12.5. The Kier molecular flexibility index (Phi) is 7.25. The van der Waals surface area contributed by atoms with Crippen LogP contribution in [0, 0.1) is 30.6 Å². The molecule has 1 aliphatic carbocycles. The van der Waals surface area contributed by atoms with Gasteiger partial charge in [0, 0.05) is 5.41 Å². The Morgan fingerprint density at radius 3 is 1.80 bits per heavy atom. The van der Waals surface area contributed by atoms with Gasteiger partial charge in [-0.25, -0.2) is 0 Å². The summed E-state index contributed by atoms with van der Waals surface area (Å²) in [6.45, 7) is 23.3. The van der Waals surface area contributed by atoms with Gasteiger partial charge in [0.25, 0.3) is 0 Å². The minimum atomic E-state index is -0.537. The van der Waals surface area contributed by atoms with E-state index < -0.39 is 5.41 Å². The molecule has 0 spiro atoms. The first-order valence-corrected chi connectivity index (χ1v) is 13.1. The summed E-state index contributed by atoms with van der Waals surface area (Å²) in [7, 11) is 0. The van der Waals surface area contributed by atoms with Crippen molar-refractivity contribution in [3.8, 4) is 11.5 Å². The highest BCUT2D eigenvalue weighted by Gasteiger charge is 2.45. The molecule has 0 bridgehead atoms. The highest BCUT2D eigenvalue weighted by molar-refractivity contribution is 5.78. The second-order valence-corrected chi connectivity index (χ2v) is 13.5. The molecule has 3 nitrogen and oxygen atoms in total. The molecule has 0 amide bonds. The normalized spacial score (nSPS) is 22.5. The Labute approximate surface area is 213 Å². The summed E-state index contributed by atoms with van der Waals surface area (Å²) in [5.74, 6) is 1.96. The molecule has 1 aliphatic rings. The molecule has 35 heavy (non-hydrogen) atoms. The van der Waals surface area contributed by atoms with E-state index in [9.17, 15) is 4.79 Å². The Bertz CT molecular complexity index is 1080. The van der Waals surface area contributed by atoms with Crippen LogP contribution < -0.4 is 9.47 Å². The highest BCUT2D eigenvalue weighted by atomic mass is 16.5. The van der Waals surface area contributed by atoms with Gasteiger partial charge in [-0.3, -0.25) is 4.79 Å². The third-order valence-corrected chi connectivity index (χ3v) is 7.87. The molecule has 0 radical (unpaired) electrons. The largest absolute Gasteiger partial charge is 0.488 e. The van der Waals surface area contributed by atoms with Gasteiger partial charge in [0.2, 0.25) is 0 Å². The second-order valence-electron chi connectivity index (χ2n) is 13.5. The maximum Gasteiger partial charge on any atom is 0.316 e. The number of ether oxygens (including phenoxy) is 2. The molecule has 0 N–H and O–H groups in total. The molecule has 2 unspecified atom stereocenters. The van der Waals surface area contributed by atoms with Gasteiger partial charge in [-0.15, -0.1) is 0 Å². The molecule has 2 aromatic rings. The van der Waals surface area contributed by atoms with Crippen molar-refractivity contribution in [2.24, 2.45) is 16.7 Å². The molecular formula is C32H46O3. The maximum atomic E-state index is 12.5. The van der Waals surface area contributed by atoms with Crippen molar-refractivity contribution in [3.63, 3.8) is 0 Å². The van der Waals surface area contributed by atoms with E-state index in [1.807, 2.05) is 33.8 Å². The lowest BCUT2D eigenvalue weighted by Crippen LogP contribution is -2.41. The first-order valence-electron chi connectivity index (χ1n) is 13.1. The van der Waals surface area contributed by atoms with Gasteiger partial charge in [-0.2, -0.15) is 0 Å². The monoisotopic (exact) mass is 478 g/mol. The minimum absolute atomic E-state index is 0.0860. The summed E-state index contributed by atoms with van der Waals surface area (Å²) < 4.78 is 12.0. The minimum Gasteiger partial charge on any atom is -0.488 e. The average molecular weight is 479 g/mol. The number of benzene rings is 2. The van der Waals surface area contributed by atoms with E-state index in [4.69, 9.17) is 9.47 Å². The van der Waals surface area contributed by atoms with E-state index in [0.29, 0.717) is 17.1 Å². The van der Waals surface area contributed by atoms with Crippen molar-refractivity contribution in [1.29, 1.82) is 0 Å². The van der Waals surface area contributed by atoms with E-state index in [-0.39, 0.29) is 17.0 Å². The second kappa shape index (κ2) is 9.30. The smallest absolute Gasteiger partial charge is 0.316 e. The number of carbonyl (C=O) groups excluding carboxylic acids is 1. The summed E-state index contributed by atoms with van der Waals surface area (Å²) in [6.07, 6.45) is 3.33. The number of hydrogen-bond acceptors (Lipinski definition) is 3. The summed E-state index contributed by atoms with van der Waals surface area (Å²) in [5, 5.41) is 0. The number of aryl methyl sites for hydroxylation is 2.